The van der Waals surface area contributed by atoms with Crippen LogP contribution in [0.3, 0.4) is 0 Å². The van der Waals surface area contributed by atoms with E-state index in [1.807, 2.05) is 6.07 Å². The van der Waals surface area contributed by atoms with Gasteiger partial charge in [-0.15, -0.1) is 0 Å². The number of carbonyl (C=O) groups is 1. The molecule has 4 atom stereocenters. The molecule has 98 valence electrons. The van der Waals surface area contributed by atoms with Crippen molar-refractivity contribution in [3.8, 4) is 0 Å². The molecule has 5 nitrogen and oxygen atoms in total. The standard InChI is InChI=1S/C13H17NO4/c1-8(15)12-10(7-11(16)18-12)14-13(17)9-5-3-2-4-6-9/h2-6,8,10-12,15-16H,7H2,1H3,(H,14,17)/t8-,10+,11?,12-/m1/s1. The summed E-state index contributed by atoms with van der Waals surface area (Å²) in [5, 5.41) is 21.7. The van der Waals surface area contributed by atoms with Crippen LogP contribution in [0.25, 0.3) is 0 Å². The van der Waals surface area contributed by atoms with Gasteiger partial charge in [-0.25, -0.2) is 0 Å². The molecular weight excluding hydrogens is 234 g/mol. The second-order valence-electron chi connectivity index (χ2n) is 4.48. The fraction of sp³-hybridized carbons (Fsp3) is 0.462. The summed E-state index contributed by atoms with van der Waals surface area (Å²) in [6.45, 7) is 1.57. The lowest BCUT2D eigenvalue weighted by atomic mass is 10.1. The first kappa shape index (κ1) is 13.0. The third-order valence-electron chi connectivity index (χ3n) is 2.99. The van der Waals surface area contributed by atoms with Gasteiger partial charge in [-0.05, 0) is 19.1 Å². The summed E-state index contributed by atoms with van der Waals surface area (Å²) in [7, 11) is 0. The van der Waals surface area contributed by atoms with Crippen molar-refractivity contribution >= 4 is 5.91 Å². The average molecular weight is 251 g/mol. The lowest BCUT2D eigenvalue weighted by Crippen LogP contribution is -2.44. The molecule has 1 unspecified atom stereocenters. The van der Waals surface area contributed by atoms with Crippen LogP contribution in [-0.2, 0) is 4.74 Å². The fourth-order valence-corrected chi connectivity index (χ4v) is 2.12. The SMILES string of the molecule is C[C@@H](O)[C@H]1OC(O)C[C@@H]1NC(=O)c1ccccc1. The second kappa shape index (κ2) is 5.48. The van der Waals surface area contributed by atoms with Gasteiger partial charge in [0.1, 0.15) is 6.10 Å². The van der Waals surface area contributed by atoms with Crippen LogP contribution >= 0.6 is 0 Å². The maximum atomic E-state index is 11.9. The van der Waals surface area contributed by atoms with Crippen LogP contribution in [0.4, 0.5) is 0 Å². The quantitative estimate of drug-likeness (QED) is 0.720. The molecular formula is C13H17NO4. The van der Waals surface area contributed by atoms with E-state index in [1.165, 1.54) is 0 Å². The van der Waals surface area contributed by atoms with E-state index in [4.69, 9.17) is 4.74 Å². The van der Waals surface area contributed by atoms with Gasteiger partial charge in [0.05, 0.1) is 12.1 Å². The van der Waals surface area contributed by atoms with Gasteiger partial charge in [-0.2, -0.15) is 0 Å². The van der Waals surface area contributed by atoms with Crippen molar-refractivity contribution in [1.29, 1.82) is 0 Å². The summed E-state index contributed by atoms with van der Waals surface area (Å²) in [4.78, 5) is 11.9. The molecule has 1 aromatic carbocycles. The summed E-state index contributed by atoms with van der Waals surface area (Å²) < 4.78 is 5.16. The molecule has 0 aliphatic carbocycles. The van der Waals surface area contributed by atoms with Gasteiger partial charge >= 0.3 is 0 Å². The van der Waals surface area contributed by atoms with Crippen LogP contribution in [0.15, 0.2) is 30.3 Å². The number of aliphatic hydroxyl groups excluding tert-OH is 2. The zero-order valence-corrected chi connectivity index (χ0v) is 10.1. The molecule has 1 heterocycles. The lowest BCUT2D eigenvalue weighted by Gasteiger charge is -2.21. The largest absolute Gasteiger partial charge is 0.391 e. The number of benzene rings is 1. The number of nitrogens with one attached hydrogen (secondary N) is 1. The molecule has 0 spiro atoms. The Morgan fingerprint density at radius 1 is 1.44 bits per heavy atom. The number of aliphatic hydroxyl groups is 2. The first-order valence-electron chi connectivity index (χ1n) is 5.95. The van der Waals surface area contributed by atoms with E-state index in [9.17, 15) is 15.0 Å². The minimum absolute atomic E-state index is 0.232. The summed E-state index contributed by atoms with van der Waals surface area (Å²) in [5.41, 5.74) is 0.545. The van der Waals surface area contributed by atoms with Gasteiger partial charge in [0.25, 0.3) is 5.91 Å². The predicted molar refractivity (Wildman–Crippen MR) is 64.9 cm³/mol. The zero-order valence-electron chi connectivity index (χ0n) is 10.1. The van der Waals surface area contributed by atoms with E-state index in [-0.39, 0.29) is 18.4 Å². The Bertz CT molecular complexity index is 407. The minimum Gasteiger partial charge on any atom is -0.391 e. The van der Waals surface area contributed by atoms with E-state index in [1.54, 1.807) is 31.2 Å². The number of ether oxygens (including phenoxy) is 1. The number of hydrogen-bond donors (Lipinski definition) is 3. The van der Waals surface area contributed by atoms with E-state index >= 15 is 0 Å². The summed E-state index contributed by atoms with van der Waals surface area (Å²) >= 11 is 0. The third kappa shape index (κ3) is 2.87. The van der Waals surface area contributed by atoms with Crippen LogP contribution in [0.5, 0.6) is 0 Å². The maximum absolute atomic E-state index is 11.9. The molecule has 0 saturated carbocycles. The molecule has 1 saturated heterocycles. The van der Waals surface area contributed by atoms with Crippen molar-refractivity contribution in [3.05, 3.63) is 35.9 Å². The van der Waals surface area contributed by atoms with Crippen molar-refractivity contribution in [2.24, 2.45) is 0 Å². The van der Waals surface area contributed by atoms with Gasteiger partial charge in [0.15, 0.2) is 6.29 Å². The zero-order chi connectivity index (χ0) is 13.1. The first-order chi connectivity index (χ1) is 8.58. The summed E-state index contributed by atoms with van der Waals surface area (Å²) in [5.74, 6) is -0.232. The molecule has 18 heavy (non-hydrogen) atoms. The van der Waals surface area contributed by atoms with Crippen molar-refractivity contribution in [1.82, 2.24) is 5.32 Å². The highest BCUT2D eigenvalue weighted by Gasteiger charge is 2.38. The van der Waals surface area contributed by atoms with Crippen LogP contribution in [-0.4, -0.2) is 40.7 Å². The average Bonchev–Trinajstić information content (AvgIpc) is 2.71. The fourth-order valence-electron chi connectivity index (χ4n) is 2.12. The summed E-state index contributed by atoms with van der Waals surface area (Å²) in [6, 6.07) is 8.42. The molecule has 2 rings (SSSR count). The highest BCUT2D eigenvalue weighted by Crippen LogP contribution is 2.21. The van der Waals surface area contributed by atoms with E-state index in [0.717, 1.165) is 0 Å². The highest BCUT2D eigenvalue weighted by molar-refractivity contribution is 5.94. The van der Waals surface area contributed by atoms with Gasteiger partial charge in [-0.1, -0.05) is 18.2 Å². The molecule has 5 heteroatoms. The number of hydrogen-bond acceptors (Lipinski definition) is 4. The Hall–Kier alpha value is -1.43. The Morgan fingerprint density at radius 2 is 2.11 bits per heavy atom. The topological polar surface area (TPSA) is 78.8 Å². The molecule has 0 radical (unpaired) electrons. The maximum Gasteiger partial charge on any atom is 0.251 e. The van der Waals surface area contributed by atoms with Crippen LogP contribution < -0.4 is 5.32 Å². The van der Waals surface area contributed by atoms with Crippen molar-refractivity contribution in [2.75, 3.05) is 0 Å². The normalized spacial score (nSPS) is 28.9. The van der Waals surface area contributed by atoms with E-state index in [0.29, 0.717) is 5.56 Å². The number of rotatable bonds is 3. The number of carbonyl (C=O) groups excluding carboxylic acids is 1. The third-order valence-corrected chi connectivity index (χ3v) is 2.99. The number of amides is 1. The Labute approximate surface area is 105 Å². The molecule has 1 amide bonds. The van der Waals surface area contributed by atoms with Crippen LogP contribution in [0.1, 0.15) is 23.7 Å². The molecule has 1 aliphatic rings. The van der Waals surface area contributed by atoms with Gasteiger partial charge in [0, 0.05) is 12.0 Å². The van der Waals surface area contributed by atoms with Gasteiger partial charge in [0.2, 0.25) is 0 Å². The van der Waals surface area contributed by atoms with Crippen LogP contribution in [0, 0.1) is 0 Å². The second-order valence-corrected chi connectivity index (χ2v) is 4.48. The molecule has 1 aliphatic heterocycles. The monoisotopic (exact) mass is 251 g/mol. The van der Waals surface area contributed by atoms with Gasteiger partial charge in [-0.3, -0.25) is 4.79 Å². The smallest absolute Gasteiger partial charge is 0.251 e. The van der Waals surface area contributed by atoms with Crippen molar-refractivity contribution in [3.63, 3.8) is 0 Å². The first-order valence-corrected chi connectivity index (χ1v) is 5.95. The lowest BCUT2D eigenvalue weighted by molar-refractivity contribution is -0.119. The van der Waals surface area contributed by atoms with E-state index in [2.05, 4.69) is 5.32 Å². The molecule has 0 bridgehead atoms. The van der Waals surface area contributed by atoms with Crippen LogP contribution in [0.2, 0.25) is 0 Å². The summed E-state index contributed by atoms with van der Waals surface area (Å²) in [6.07, 6.45) is -1.98. The van der Waals surface area contributed by atoms with Crippen molar-refractivity contribution in [2.45, 2.75) is 37.9 Å². The molecule has 3 N–H and O–H groups in total. The molecule has 1 aromatic rings. The molecule has 0 aromatic heterocycles. The van der Waals surface area contributed by atoms with E-state index < -0.39 is 18.5 Å². The highest BCUT2D eigenvalue weighted by atomic mass is 16.6. The van der Waals surface area contributed by atoms with Gasteiger partial charge < -0.3 is 20.3 Å². The Balaban J connectivity index is 2.02. The minimum atomic E-state index is -0.939. The van der Waals surface area contributed by atoms with Crippen molar-refractivity contribution < 1.29 is 19.7 Å². The predicted octanol–water partition coefficient (Wildman–Crippen LogP) is 0.273. The Morgan fingerprint density at radius 3 is 2.72 bits per heavy atom. The molecule has 1 fully saturated rings. The Kier molecular flexibility index (Phi) is 3.96.